The summed E-state index contributed by atoms with van der Waals surface area (Å²) in [7, 11) is 0. The van der Waals surface area contributed by atoms with Gasteiger partial charge in [-0.15, -0.1) is 10.2 Å². The van der Waals surface area contributed by atoms with Gasteiger partial charge in [0.25, 0.3) is 6.43 Å². The Bertz CT molecular complexity index is 150. The van der Waals surface area contributed by atoms with Crippen LogP contribution in [-0.4, -0.2) is 10.2 Å². The van der Waals surface area contributed by atoms with E-state index < -0.39 is 6.43 Å². The summed E-state index contributed by atoms with van der Waals surface area (Å²) < 4.78 is 23.0. The molecule has 0 unspecified atom stereocenters. The lowest BCUT2D eigenvalue weighted by Crippen LogP contribution is -1.79. The van der Waals surface area contributed by atoms with Gasteiger partial charge in [0.05, 0.1) is 0 Å². The molecule has 1 aromatic heterocycles. The van der Waals surface area contributed by atoms with Gasteiger partial charge in [0.2, 0.25) is 0 Å². The second-order valence-electron chi connectivity index (χ2n) is 1.03. The Hall–Kier alpha value is -0.580. The Morgan fingerprint density at radius 3 is 2.62 bits per heavy atom. The van der Waals surface area contributed by atoms with Crippen LogP contribution in [0.5, 0.6) is 0 Å². The zero-order valence-corrected chi connectivity index (χ0v) is 4.45. The van der Waals surface area contributed by atoms with Gasteiger partial charge in [-0.05, 0) is 0 Å². The quantitative estimate of drug-likeness (QED) is 0.579. The molecule has 1 heterocycles. The van der Waals surface area contributed by atoms with E-state index >= 15 is 0 Å². The van der Waals surface area contributed by atoms with Crippen molar-refractivity contribution in [2.45, 2.75) is 6.43 Å². The average molecular weight is 135 g/mol. The third-order valence-corrected chi connectivity index (χ3v) is 1.17. The van der Waals surface area contributed by atoms with E-state index in [1.165, 1.54) is 0 Å². The first-order chi connectivity index (χ1) is 3.80. The highest BCUT2D eigenvalue weighted by atomic mass is 32.1. The van der Waals surface area contributed by atoms with Crippen molar-refractivity contribution in [1.29, 1.82) is 0 Å². The molecular formula is C3HF2N2S. The minimum atomic E-state index is -2.50. The van der Waals surface area contributed by atoms with Crippen LogP contribution >= 0.6 is 11.3 Å². The number of hydrogen-bond donors (Lipinski definition) is 0. The molecule has 8 heavy (non-hydrogen) atoms. The predicted molar refractivity (Wildman–Crippen MR) is 23.7 cm³/mol. The van der Waals surface area contributed by atoms with Gasteiger partial charge in [-0.25, -0.2) is 8.78 Å². The Morgan fingerprint density at radius 1 is 1.62 bits per heavy atom. The van der Waals surface area contributed by atoms with Crippen molar-refractivity contribution in [3.63, 3.8) is 0 Å². The van der Waals surface area contributed by atoms with Crippen LogP contribution in [0.2, 0.25) is 0 Å². The zero-order valence-electron chi connectivity index (χ0n) is 3.64. The zero-order chi connectivity index (χ0) is 5.98. The molecule has 0 aliphatic rings. The van der Waals surface area contributed by atoms with Crippen LogP contribution in [0.15, 0.2) is 0 Å². The smallest absolute Gasteiger partial charge is 0.202 e. The second kappa shape index (κ2) is 2.13. The molecule has 1 aromatic rings. The number of alkyl halides is 2. The van der Waals surface area contributed by atoms with E-state index in [1.807, 2.05) is 0 Å². The van der Waals surface area contributed by atoms with Gasteiger partial charge in [0.15, 0.2) is 10.5 Å². The van der Waals surface area contributed by atoms with E-state index in [2.05, 4.69) is 15.7 Å². The van der Waals surface area contributed by atoms with E-state index in [-0.39, 0.29) is 5.01 Å². The van der Waals surface area contributed by atoms with Crippen LogP contribution in [0.25, 0.3) is 0 Å². The lowest BCUT2D eigenvalue weighted by molar-refractivity contribution is 0.150. The molecule has 2 nitrogen and oxygen atoms in total. The highest BCUT2D eigenvalue weighted by molar-refractivity contribution is 7.08. The van der Waals surface area contributed by atoms with Crippen molar-refractivity contribution in [1.82, 2.24) is 10.2 Å². The molecule has 0 bridgehead atoms. The first-order valence-electron chi connectivity index (χ1n) is 1.78. The van der Waals surface area contributed by atoms with Gasteiger partial charge >= 0.3 is 0 Å². The standard InChI is InChI=1S/C3HF2N2S/c4-2(5)3-7-6-1-8-3/h2H. The molecular weight excluding hydrogens is 134 g/mol. The fourth-order valence-corrected chi connectivity index (χ4v) is 0.591. The summed E-state index contributed by atoms with van der Waals surface area (Å²) >= 11 is 0.734. The van der Waals surface area contributed by atoms with Gasteiger partial charge in [0, 0.05) is 0 Å². The van der Waals surface area contributed by atoms with Crippen molar-refractivity contribution in [3.05, 3.63) is 10.5 Å². The summed E-state index contributed by atoms with van der Waals surface area (Å²) in [5, 5.41) is 5.91. The first-order valence-corrected chi connectivity index (χ1v) is 2.60. The summed E-state index contributed by atoms with van der Waals surface area (Å²) in [6.07, 6.45) is -2.50. The highest BCUT2D eigenvalue weighted by Crippen LogP contribution is 2.17. The van der Waals surface area contributed by atoms with Gasteiger partial charge in [-0.2, -0.15) is 0 Å². The van der Waals surface area contributed by atoms with Gasteiger partial charge < -0.3 is 0 Å². The van der Waals surface area contributed by atoms with Crippen LogP contribution in [0.3, 0.4) is 0 Å². The topological polar surface area (TPSA) is 25.8 Å². The van der Waals surface area contributed by atoms with E-state index in [9.17, 15) is 8.78 Å². The molecule has 0 fully saturated rings. The van der Waals surface area contributed by atoms with E-state index in [1.54, 1.807) is 0 Å². The van der Waals surface area contributed by atoms with Crippen LogP contribution in [-0.2, 0) is 0 Å². The average Bonchev–Trinajstić information content (AvgIpc) is 2.12. The van der Waals surface area contributed by atoms with Gasteiger partial charge in [0.1, 0.15) is 0 Å². The molecule has 0 amide bonds. The lowest BCUT2D eigenvalue weighted by atomic mass is 10.8. The predicted octanol–water partition coefficient (Wildman–Crippen LogP) is 1.28. The molecule has 0 atom stereocenters. The Kier molecular flexibility index (Phi) is 1.48. The fourth-order valence-electron chi connectivity index (χ4n) is 0.245. The summed E-state index contributed by atoms with van der Waals surface area (Å²) in [5.41, 5.74) is 2.21. The Balaban J connectivity index is 2.77. The number of hydrogen-bond acceptors (Lipinski definition) is 3. The molecule has 0 saturated carbocycles. The third kappa shape index (κ3) is 0.975. The Morgan fingerprint density at radius 2 is 2.38 bits per heavy atom. The van der Waals surface area contributed by atoms with E-state index in [0.717, 1.165) is 11.3 Å². The minimum Gasteiger partial charge on any atom is -0.202 e. The van der Waals surface area contributed by atoms with Crippen LogP contribution in [0.1, 0.15) is 11.4 Å². The largest absolute Gasteiger partial charge is 0.291 e. The molecule has 0 aliphatic carbocycles. The Labute approximate surface area is 48.2 Å². The van der Waals surface area contributed by atoms with Crippen molar-refractivity contribution in [2.75, 3.05) is 0 Å². The van der Waals surface area contributed by atoms with Crippen LogP contribution < -0.4 is 0 Å². The number of nitrogens with zero attached hydrogens (tertiary/aromatic N) is 2. The molecule has 5 heteroatoms. The van der Waals surface area contributed by atoms with Crippen LogP contribution in [0, 0.1) is 5.51 Å². The minimum absolute atomic E-state index is 0.273. The van der Waals surface area contributed by atoms with E-state index in [4.69, 9.17) is 0 Å². The SMILES string of the molecule is FC(F)c1nn[c]s1. The number of aromatic nitrogens is 2. The van der Waals surface area contributed by atoms with E-state index in [0.29, 0.717) is 0 Å². The maximum atomic E-state index is 11.5. The normalized spacial score (nSPS) is 10.4. The number of rotatable bonds is 1. The molecule has 1 radical (unpaired) electrons. The molecule has 43 valence electrons. The first kappa shape index (κ1) is 5.55. The summed E-state index contributed by atoms with van der Waals surface area (Å²) in [6.45, 7) is 0. The molecule has 0 spiro atoms. The second-order valence-corrected chi connectivity index (χ2v) is 1.84. The van der Waals surface area contributed by atoms with Crippen molar-refractivity contribution >= 4 is 11.3 Å². The lowest BCUT2D eigenvalue weighted by Gasteiger charge is -1.83. The van der Waals surface area contributed by atoms with Gasteiger partial charge in [-0.1, -0.05) is 11.3 Å². The molecule has 0 N–H and O–H groups in total. The van der Waals surface area contributed by atoms with Crippen molar-refractivity contribution < 1.29 is 8.78 Å². The molecule has 0 aromatic carbocycles. The molecule has 0 saturated heterocycles. The fraction of sp³-hybridized carbons (Fsp3) is 0.333. The third-order valence-electron chi connectivity index (χ3n) is 0.526. The van der Waals surface area contributed by atoms with Crippen molar-refractivity contribution in [3.8, 4) is 0 Å². The molecule has 0 aliphatic heterocycles. The summed E-state index contributed by atoms with van der Waals surface area (Å²) in [6, 6.07) is 0. The van der Waals surface area contributed by atoms with Gasteiger partial charge in [-0.3, -0.25) is 0 Å². The summed E-state index contributed by atoms with van der Waals surface area (Å²) in [5.74, 6) is 0. The maximum absolute atomic E-state index is 11.5. The molecule has 1 rings (SSSR count). The maximum Gasteiger partial charge on any atom is 0.291 e. The summed E-state index contributed by atoms with van der Waals surface area (Å²) in [4.78, 5) is 0. The van der Waals surface area contributed by atoms with Crippen molar-refractivity contribution in [2.24, 2.45) is 0 Å². The number of halogens is 2. The monoisotopic (exact) mass is 135 g/mol. The van der Waals surface area contributed by atoms with Crippen LogP contribution in [0.4, 0.5) is 8.78 Å². The highest BCUT2D eigenvalue weighted by Gasteiger charge is 2.09.